The normalized spacial score (nSPS) is 22.1. The average Bonchev–Trinajstić information content (AvgIpc) is 2.67. The molecular weight excluding hydrogens is 396 g/mol. The van der Waals surface area contributed by atoms with E-state index in [2.05, 4.69) is 104 Å². The molecule has 1 aliphatic heterocycles. The number of aryl methyl sites for hydroxylation is 1. The summed E-state index contributed by atoms with van der Waals surface area (Å²) >= 11 is 2.94. The van der Waals surface area contributed by atoms with E-state index in [0.717, 1.165) is 12.6 Å². The van der Waals surface area contributed by atoms with E-state index < -0.39 is 0 Å². The molecule has 150 valence electrons. The third-order valence-electron chi connectivity index (χ3n) is 4.89. The molecule has 1 aromatic rings. The highest BCUT2D eigenvalue weighted by Gasteiger charge is 2.32. The minimum absolute atomic E-state index is 0.706. The monoisotopic (exact) mass is 434 g/mol. The lowest BCUT2D eigenvalue weighted by Gasteiger charge is -2.34. The molecule has 0 bridgehead atoms. The van der Waals surface area contributed by atoms with Crippen LogP contribution in [-0.4, -0.2) is 37.6 Å². The molecule has 1 heterocycles. The Morgan fingerprint density at radius 1 is 1.33 bits per heavy atom. The lowest BCUT2D eigenvalue weighted by Crippen LogP contribution is -3.25. The molecule has 1 saturated heterocycles. The van der Waals surface area contributed by atoms with Gasteiger partial charge in [0.1, 0.15) is 31.7 Å². The number of piperazine rings is 1. The minimum atomic E-state index is 0.706. The maximum atomic E-state index is 4.60. The van der Waals surface area contributed by atoms with Crippen molar-refractivity contribution in [3.63, 3.8) is 0 Å². The lowest BCUT2D eigenvalue weighted by atomic mass is 9.97. The molecule has 3 heteroatoms. The van der Waals surface area contributed by atoms with Crippen molar-refractivity contribution in [1.82, 2.24) is 0 Å². The van der Waals surface area contributed by atoms with Crippen molar-refractivity contribution < 1.29 is 10.2 Å². The Labute approximate surface area is 176 Å². The number of nitrogens with two attached hydrogens (primary N) is 1. The summed E-state index contributed by atoms with van der Waals surface area (Å²) in [5.41, 5.74) is 4.41. The number of terminal acetylenes is 1. The third-order valence-corrected chi connectivity index (χ3v) is 4.89. The van der Waals surface area contributed by atoms with E-state index in [-0.39, 0.29) is 0 Å². The fourth-order valence-electron chi connectivity index (χ4n) is 3.51. The van der Waals surface area contributed by atoms with Crippen LogP contribution in [0.5, 0.6) is 0 Å². The number of nitrogens with one attached hydrogen (secondary N) is 1. The zero-order chi connectivity index (χ0) is 20.7. The van der Waals surface area contributed by atoms with E-state index in [4.69, 9.17) is 0 Å². The number of benzene rings is 1. The predicted molar refractivity (Wildman–Crippen MR) is 124 cm³/mol. The van der Waals surface area contributed by atoms with Crippen LogP contribution in [0.3, 0.4) is 0 Å². The van der Waals surface area contributed by atoms with Gasteiger partial charge in [-0.1, -0.05) is 58.4 Å². The largest absolute Gasteiger partial charge is 0.334 e. The van der Waals surface area contributed by atoms with Crippen molar-refractivity contribution in [2.75, 3.05) is 25.5 Å². The van der Waals surface area contributed by atoms with Crippen LogP contribution in [0.4, 0.5) is 0 Å². The summed E-state index contributed by atoms with van der Waals surface area (Å²) in [6.45, 7) is 14.1. The maximum Gasteiger partial charge on any atom is 0.141 e. The van der Waals surface area contributed by atoms with Gasteiger partial charge in [-0.3, -0.25) is 0 Å². The minimum Gasteiger partial charge on any atom is -0.334 e. The van der Waals surface area contributed by atoms with Gasteiger partial charge in [0, 0.05) is 12.0 Å². The summed E-state index contributed by atoms with van der Waals surface area (Å²) in [6.07, 6.45) is 12.5. The number of hydrogen-bond donors (Lipinski definition) is 2. The van der Waals surface area contributed by atoms with Crippen molar-refractivity contribution in [1.29, 1.82) is 0 Å². The molecule has 1 aromatic carbocycles. The first kappa shape index (κ1) is 25.7. The molecule has 3 unspecified atom stereocenters. The van der Waals surface area contributed by atoms with Crippen LogP contribution in [0, 0.1) is 19.3 Å². The van der Waals surface area contributed by atoms with Crippen LogP contribution < -0.4 is 10.2 Å². The number of allylic oxidation sites excluding steroid dienone is 2. The molecule has 0 aromatic heterocycles. The van der Waals surface area contributed by atoms with Crippen molar-refractivity contribution in [3.05, 3.63) is 59.2 Å². The van der Waals surface area contributed by atoms with Gasteiger partial charge in [0.2, 0.25) is 0 Å². The Kier molecular flexibility index (Phi) is 14.9. The molecule has 3 N–H and O–H groups in total. The number of alkyl halides is 1. The van der Waals surface area contributed by atoms with Gasteiger partial charge in [-0.15, -0.1) is 12.3 Å². The number of hydrogen-bond acceptors (Lipinski definition) is 0. The van der Waals surface area contributed by atoms with Crippen LogP contribution >= 0.6 is 15.9 Å². The van der Waals surface area contributed by atoms with E-state index >= 15 is 0 Å². The van der Waals surface area contributed by atoms with Crippen LogP contribution in [0.1, 0.15) is 38.8 Å². The second-order valence-corrected chi connectivity index (χ2v) is 6.97. The Morgan fingerprint density at radius 3 is 2.52 bits per heavy atom. The van der Waals surface area contributed by atoms with Crippen LogP contribution in [0.15, 0.2) is 48.1 Å². The molecule has 0 amide bonds. The number of halogens is 1. The third kappa shape index (κ3) is 9.96. The molecule has 0 spiro atoms. The fourth-order valence-corrected chi connectivity index (χ4v) is 3.51. The van der Waals surface area contributed by atoms with E-state index in [1.54, 1.807) is 11.8 Å². The van der Waals surface area contributed by atoms with Gasteiger partial charge in [-0.05, 0) is 51.6 Å². The first-order chi connectivity index (χ1) is 13.0. The first-order valence-electron chi connectivity index (χ1n) is 9.81. The molecule has 2 nitrogen and oxygen atoms in total. The van der Waals surface area contributed by atoms with Crippen LogP contribution in [0.2, 0.25) is 0 Å². The smallest absolute Gasteiger partial charge is 0.141 e. The number of rotatable bonds is 5. The highest BCUT2D eigenvalue weighted by atomic mass is 79.9. The maximum absolute atomic E-state index is 4.60. The fraction of sp³-hybridized carbons (Fsp3) is 0.500. The van der Waals surface area contributed by atoms with Gasteiger partial charge in [0.05, 0.1) is 0 Å². The standard InChI is InChI=1S/C20H30N2.C3H4.CH3Br/c1-5-9-18(6-2)15-22-14-17(4)21-13-20(22)12-19-11-8-7-10-16(19)3;1-3-2;1-2/h5-11,17,20-21H,12-15H2,1-4H3;1H,2H3;1H3/p+2/b9-5-,18-6+;;. The average molecular weight is 435 g/mol. The van der Waals surface area contributed by atoms with Gasteiger partial charge in [-0.25, -0.2) is 0 Å². The Balaban J connectivity index is 0.00000123. The molecule has 0 aliphatic carbocycles. The highest BCUT2D eigenvalue weighted by molar-refractivity contribution is 9.08. The van der Waals surface area contributed by atoms with Crippen molar-refractivity contribution in [2.45, 2.75) is 53.1 Å². The van der Waals surface area contributed by atoms with E-state index in [1.165, 1.54) is 36.2 Å². The second kappa shape index (κ2) is 15.7. The summed E-state index contributed by atoms with van der Waals surface area (Å²) in [7, 11) is 0. The van der Waals surface area contributed by atoms with E-state index in [1.807, 2.05) is 5.83 Å². The summed E-state index contributed by atoms with van der Waals surface area (Å²) in [5, 5.41) is 2.53. The molecular formula is C24H39BrN2+2. The summed E-state index contributed by atoms with van der Waals surface area (Å²) in [6, 6.07) is 10.3. The molecule has 2 rings (SSSR count). The zero-order valence-electron chi connectivity index (χ0n) is 18.1. The van der Waals surface area contributed by atoms with Crippen LogP contribution in [0.25, 0.3) is 0 Å². The SMILES string of the molecule is C#CC.C/C=C\C(=C/C)C[NH+]1CC(C)[NH2+]CC1Cc1ccccc1C.CBr. The van der Waals surface area contributed by atoms with Gasteiger partial charge in [0.25, 0.3) is 0 Å². The summed E-state index contributed by atoms with van der Waals surface area (Å²) in [5.74, 6) is 4.06. The molecule has 0 saturated carbocycles. The highest BCUT2D eigenvalue weighted by Crippen LogP contribution is 2.09. The summed E-state index contributed by atoms with van der Waals surface area (Å²) in [4.78, 5) is 1.74. The first-order valence-corrected chi connectivity index (χ1v) is 11.4. The Morgan fingerprint density at radius 2 is 1.96 bits per heavy atom. The quantitative estimate of drug-likeness (QED) is 0.403. The lowest BCUT2D eigenvalue weighted by molar-refractivity contribution is -0.976. The Bertz CT molecular complexity index is 613. The van der Waals surface area contributed by atoms with Crippen LogP contribution in [-0.2, 0) is 6.42 Å². The van der Waals surface area contributed by atoms with Gasteiger partial charge in [0.15, 0.2) is 0 Å². The van der Waals surface area contributed by atoms with E-state index in [0.29, 0.717) is 6.04 Å². The second-order valence-electron chi connectivity index (χ2n) is 6.97. The molecule has 27 heavy (non-hydrogen) atoms. The van der Waals surface area contributed by atoms with Gasteiger partial charge in [-0.2, -0.15) is 0 Å². The predicted octanol–water partition coefficient (Wildman–Crippen LogP) is 2.93. The Hall–Kier alpha value is -1.34. The van der Waals surface area contributed by atoms with Crippen molar-refractivity contribution in [2.24, 2.45) is 0 Å². The van der Waals surface area contributed by atoms with E-state index in [9.17, 15) is 0 Å². The molecule has 1 aliphatic rings. The molecule has 3 atom stereocenters. The van der Waals surface area contributed by atoms with Gasteiger partial charge < -0.3 is 10.2 Å². The summed E-state index contributed by atoms with van der Waals surface area (Å²) < 4.78 is 0. The molecule has 0 radical (unpaired) electrons. The number of quaternary nitrogens is 2. The molecule has 1 fully saturated rings. The van der Waals surface area contributed by atoms with Gasteiger partial charge >= 0.3 is 0 Å². The van der Waals surface area contributed by atoms with Crippen molar-refractivity contribution in [3.8, 4) is 12.3 Å². The topological polar surface area (TPSA) is 21.1 Å². The zero-order valence-corrected chi connectivity index (χ0v) is 19.6. The van der Waals surface area contributed by atoms with Crippen molar-refractivity contribution >= 4 is 15.9 Å².